The van der Waals surface area contributed by atoms with Crippen molar-refractivity contribution in [2.75, 3.05) is 13.2 Å². The second kappa shape index (κ2) is 48.1. The fourth-order valence-electron chi connectivity index (χ4n) is 7.92. The van der Waals surface area contributed by atoms with Crippen LogP contribution in [0.3, 0.4) is 0 Å². The van der Waals surface area contributed by atoms with Crippen molar-refractivity contribution in [1.29, 1.82) is 0 Å². The lowest BCUT2D eigenvalue weighted by atomic mass is 10.0. The predicted molar refractivity (Wildman–Crippen MR) is 247 cm³/mol. The first kappa shape index (κ1) is 56.4. The molecular formula is C52H100O6. The summed E-state index contributed by atoms with van der Waals surface area (Å²) in [5.41, 5.74) is 0. The van der Waals surface area contributed by atoms with Crippen LogP contribution in [0.1, 0.15) is 297 Å². The van der Waals surface area contributed by atoms with Gasteiger partial charge in [0.05, 0.1) is 0 Å². The third kappa shape index (κ3) is 45.5. The Bertz CT molecular complexity index is 859. The van der Waals surface area contributed by atoms with E-state index in [1.54, 1.807) is 0 Å². The molecule has 0 aliphatic carbocycles. The van der Waals surface area contributed by atoms with Crippen LogP contribution >= 0.6 is 0 Å². The third-order valence-corrected chi connectivity index (χ3v) is 11.9. The number of carbonyl (C=O) groups excluding carboxylic acids is 3. The molecule has 6 heteroatoms. The second-order valence-corrected chi connectivity index (χ2v) is 17.8. The number of rotatable bonds is 48. The first-order valence-corrected chi connectivity index (χ1v) is 26.0. The van der Waals surface area contributed by atoms with E-state index in [1.165, 1.54) is 199 Å². The highest BCUT2D eigenvalue weighted by atomic mass is 16.6. The Labute approximate surface area is 361 Å². The van der Waals surface area contributed by atoms with Gasteiger partial charge in [-0.3, -0.25) is 14.4 Å². The fourth-order valence-corrected chi connectivity index (χ4v) is 7.92. The summed E-state index contributed by atoms with van der Waals surface area (Å²) >= 11 is 0. The maximum atomic E-state index is 12.8. The summed E-state index contributed by atoms with van der Waals surface area (Å²) in [6.45, 7) is 6.67. The van der Waals surface area contributed by atoms with E-state index in [1.807, 2.05) is 0 Å². The van der Waals surface area contributed by atoms with Crippen molar-refractivity contribution in [2.45, 2.75) is 303 Å². The molecule has 0 radical (unpaired) electrons. The third-order valence-electron chi connectivity index (χ3n) is 11.9. The van der Waals surface area contributed by atoms with Crippen LogP contribution in [-0.2, 0) is 28.6 Å². The normalized spacial score (nSPS) is 11.8. The predicted octanol–water partition coefficient (Wildman–Crippen LogP) is 16.8. The zero-order chi connectivity index (χ0) is 42.3. The summed E-state index contributed by atoms with van der Waals surface area (Å²) in [4.78, 5) is 37.9. The molecule has 0 aromatic heterocycles. The second-order valence-electron chi connectivity index (χ2n) is 17.8. The standard InChI is InChI=1S/C52H100O6/c1-4-7-10-13-16-19-22-24-25-26-27-28-29-31-34-37-40-43-46-52(55)58-49(47-56-50(53)44-41-38-35-32-21-18-15-12-9-6-3)48-57-51(54)45-42-39-36-33-30-23-20-17-14-11-8-5-2/h49H,4-48H2,1-3H3/t49-/m0/s1. The van der Waals surface area contributed by atoms with Crippen LogP contribution in [-0.4, -0.2) is 37.2 Å². The van der Waals surface area contributed by atoms with Gasteiger partial charge in [0.1, 0.15) is 13.2 Å². The first-order valence-electron chi connectivity index (χ1n) is 26.0. The molecule has 344 valence electrons. The highest BCUT2D eigenvalue weighted by Gasteiger charge is 2.19. The van der Waals surface area contributed by atoms with Gasteiger partial charge in [0.25, 0.3) is 0 Å². The van der Waals surface area contributed by atoms with E-state index >= 15 is 0 Å². The molecule has 0 bridgehead atoms. The van der Waals surface area contributed by atoms with E-state index in [-0.39, 0.29) is 31.1 Å². The number of hydrogen-bond acceptors (Lipinski definition) is 6. The summed E-state index contributed by atoms with van der Waals surface area (Å²) in [6.07, 6.45) is 50.9. The average Bonchev–Trinajstić information content (AvgIpc) is 3.22. The largest absolute Gasteiger partial charge is 0.462 e. The summed E-state index contributed by atoms with van der Waals surface area (Å²) in [6, 6.07) is 0. The monoisotopic (exact) mass is 821 g/mol. The molecule has 58 heavy (non-hydrogen) atoms. The van der Waals surface area contributed by atoms with Gasteiger partial charge in [-0.15, -0.1) is 0 Å². The van der Waals surface area contributed by atoms with E-state index in [2.05, 4.69) is 20.8 Å². The maximum Gasteiger partial charge on any atom is 0.306 e. The minimum atomic E-state index is -0.759. The Kier molecular flexibility index (Phi) is 46.8. The number of hydrogen-bond donors (Lipinski definition) is 0. The molecule has 0 aromatic rings. The molecule has 0 N–H and O–H groups in total. The van der Waals surface area contributed by atoms with Gasteiger partial charge in [-0.2, -0.15) is 0 Å². The Morgan fingerprint density at radius 2 is 0.466 bits per heavy atom. The van der Waals surface area contributed by atoms with E-state index < -0.39 is 6.10 Å². The molecule has 0 amide bonds. The van der Waals surface area contributed by atoms with E-state index in [9.17, 15) is 14.4 Å². The first-order chi connectivity index (χ1) is 28.5. The number of ether oxygens (including phenoxy) is 3. The number of unbranched alkanes of at least 4 members (excludes halogenated alkanes) is 37. The van der Waals surface area contributed by atoms with Gasteiger partial charge in [0, 0.05) is 19.3 Å². The van der Waals surface area contributed by atoms with Gasteiger partial charge in [-0.1, -0.05) is 258 Å². The number of carbonyl (C=O) groups is 3. The van der Waals surface area contributed by atoms with Gasteiger partial charge in [-0.25, -0.2) is 0 Å². The summed E-state index contributed by atoms with van der Waals surface area (Å²) < 4.78 is 16.8. The molecule has 0 unspecified atom stereocenters. The highest BCUT2D eigenvalue weighted by Crippen LogP contribution is 2.17. The zero-order valence-electron chi connectivity index (χ0n) is 39.3. The molecule has 6 nitrogen and oxygen atoms in total. The van der Waals surface area contributed by atoms with E-state index in [0.717, 1.165) is 57.8 Å². The van der Waals surface area contributed by atoms with Gasteiger partial charge in [0.15, 0.2) is 6.10 Å². The van der Waals surface area contributed by atoms with Crippen LogP contribution in [0, 0.1) is 0 Å². The molecule has 0 saturated carbocycles. The maximum absolute atomic E-state index is 12.8. The van der Waals surface area contributed by atoms with Crippen LogP contribution in [0.25, 0.3) is 0 Å². The van der Waals surface area contributed by atoms with Crippen LogP contribution in [0.15, 0.2) is 0 Å². The minimum absolute atomic E-state index is 0.0620. The number of esters is 3. The van der Waals surface area contributed by atoms with E-state index in [0.29, 0.717) is 19.3 Å². The molecule has 0 saturated heterocycles. The highest BCUT2D eigenvalue weighted by molar-refractivity contribution is 5.71. The molecular weight excluding hydrogens is 721 g/mol. The average molecular weight is 821 g/mol. The lowest BCUT2D eigenvalue weighted by Crippen LogP contribution is -2.30. The van der Waals surface area contributed by atoms with E-state index in [4.69, 9.17) is 14.2 Å². The van der Waals surface area contributed by atoms with Crippen LogP contribution in [0.5, 0.6) is 0 Å². The van der Waals surface area contributed by atoms with Crippen molar-refractivity contribution in [3.63, 3.8) is 0 Å². The van der Waals surface area contributed by atoms with Crippen molar-refractivity contribution >= 4 is 17.9 Å². The zero-order valence-corrected chi connectivity index (χ0v) is 39.3. The van der Waals surface area contributed by atoms with Crippen LogP contribution in [0.4, 0.5) is 0 Å². The molecule has 0 rings (SSSR count). The quantitative estimate of drug-likeness (QED) is 0.0346. The summed E-state index contributed by atoms with van der Waals surface area (Å²) in [7, 11) is 0. The lowest BCUT2D eigenvalue weighted by molar-refractivity contribution is -0.167. The Morgan fingerprint density at radius 3 is 0.690 bits per heavy atom. The van der Waals surface area contributed by atoms with Gasteiger partial charge < -0.3 is 14.2 Å². The van der Waals surface area contributed by atoms with Crippen molar-refractivity contribution < 1.29 is 28.6 Å². The lowest BCUT2D eigenvalue weighted by Gasteiger charge is -2.18. The topological polar surface area (TPSA) is 78.9 Å². The van der Waals surface area contributed by atoms with Gasteiger partial charge in [-0.05, 0) is 19.3 Å². The fraction of sp³-hybridized carbons (Fsp3) is 0.942. The molecule has 1 atom stereocenters. The SMILES string of the molecule is CCCCCCCCCCCCCCCCCCCCC(=O)O[C@@H](COC(=O)CCCCCCCCCCCC)COC(=O)CCCCCCCCCCCCCC. The van der Waals surface area contributed by atoms with Crippen molar-refractivity contribution in [3.05, 3.63) is 0 Å². The molecule has 0 spiro atoms. The van der Waals surface area contributed by atoms with Gasteiger partial charge >= 0.3 is 17.9 Å². The molecule has 0 aliphatic rings. The molecule has 0 aromatic carbocycles. The molecule has 0 aliphatic heterocycles. The minimum Gasteiger partial charge on any atom is -0.462 e. The Morgan fingerprint density at radius 1 is 0.276 bits per heavy atom. The van der Waals surface area contributed by atoms with Gasteiger partial charge in [0.2, 0.25) is 0 Å². The summed E-state index contributed by atoms with van der Waals surface area (Å²) in [5, 5.41) is 0. The van der Waals surface area contributed by atoms with Crippen LogP contribution in [0.2, 0.25) is 0 Å². The van der Waals surface area contributed by atoms with Crippen molar-refractivity contribution in [1.82, 2.24) is 0 Å². The smallest absolute Gasteiger partial charge is 0.306 e. The summed E-state index contributed by atoms with van der Waals surface area (Å²) in [5.74, 6) is -0.843. The van der Waals surface area contributed by atoms with Crippen molar-refractivity contribution in [3.8, 4) is 0 Å². The molecule has 0 heterocycles. The Balaban J connectivity index is 4.25. The molecule has 0 fully saturated rings. The Hall–Kier alpha value is -1.59. The van der Waals surface area contributed by atoms with Crippen LogP contribution < -0.4 is 0 Å². The van der Waals surface area contributed by atoms with Crippen molar-refractivity contribution in [2.24, 2.45) is 0 Å².